The van der Waals surface area contributed by atoms with Crippen LogP contribution in [0.15, 0.2) is 60.0 Å². The van der Waals surface area contributed by atoms with Crippen molar-refractivity contribution in [2.75, 3.05) is 5.32 Å². The van der Waals surface area contributed by atoms with Crippen LogP contribution >= 0.6 is 11.3 Å². The number of hydrogen-bond donors (Lipinski definition) is 2. The largest absolute Gasteiger partial charge is 0.349 e. The molecule has 1 atom stereocenters. The second kappa shape index (κ2) is 7.90. The summed E-state index contributed by atoms with van der Waals surface area (Å²) in [4.78, 5) is 16.6. The third-order valence-electron chi connectivity index (χ3n) is 3.67. The van der Waals surface area contributed by atoms with Gasteiger partial charge in [0.25, 0.3) is 0 Å². The molecule has 0 bridgehead atoms. The molecular formula is C19H18FN3OS. The molecule has 25 heavy (non-hydrogen) atoms. The Kier molecular flexibility index (Phi) is 5.40. The van der Waals surface area contributed by atoms with E-state index in [2.05, 4.69) is 15.6 Å². The smallest absolute Gasteiger partial charge is 0.226 e. The first-order valence-corrected chi connectivity index (χ1v) is 8.79. The summed E-state index contributed by atoms with van der Waals surface area (Å²) in [6.07, 6.45) is 0.221. The SMILES string of the molecule is C[C@@H](NC(=O)Cc1csc(Nc2ccc(F)cc2)n1)c1ccccc1. The summed E-state index contributed by atoms with van der Waals surface area (Å²) < 4.78 is 12.9. The standard InChI is InChI=1S/C19H18FN3OS/c1-13(14-5-3-2-4-6-14)21-18(24)11-17-12-25-19(23-17)22-16-9-7-15(20)8-10-16/h2-10,12-13H,11H2,1H3,(H,21,24)(H,22,23)/t13-/m1/s1. The fourth-order valence-electron chi connectivity index (χ4n) is 2.38. The number of thiazole rings is 1. The molecule has 0 radical (unpaired) electrons. The molecule has 6 heteroatoms. The number of carbonyl (C=O) groups excluding carboxylic acids is 1. The number of benzene rings is 2. The van der Waals surface area contributed by atoms with Crippen molar-refractivity contribution >= 4 is 28.1 Å². The highest BCUT2D eigenvalue weighted by atomic mass is 32.1. The molecule has 0 saturated carbocycles. The number of nitrogens with zero attached hydrogens (tertiary/aromatic N) is 1. The zero-order valence-corrected chi connectivity index (χ0v) is 14.5. The summed E-state index contributed by atoms with van der Waals surface area (Å²) >= 11 is 1.41. The van der Waals surface area contributed by atoms with Gasteiger partial charge >= 0.3 is 0 Å². The van der Waals surface area contributed by atoms with Gasteiger partial charge in [0.05, 0.1) is 18.2 Å². The second-order valence-corrected chi connectivity index (χ2v) is 6.51. The second-order valence-electron chi connectivity index (χ2n) is 5.65. The van der Waals surface area contributed by atoms with E-state index >= 15 is 0 Å². The minimum absolute atomic E-state index is 0.0517. The molecule has 0 aliphatic carbocycles. The first-order chi connectivity index (χ1) is 12.1. The summed E-state index contributed by atoms with van der Waals surface area (Å²) in [6, 6.07) is 15.8. The lowest BCUT2D eigenvalue weighted by atomic mass is 10.1. The first kappa shape index (κ1) is 17.1. The summed E-state index contributed by atoms with van der Waals surface area (Å²) in [5.41, 5.74) is 2.52. The van der Waals surface area contributed by atoms with Crippen LogP contribution in [-0.4, -0.2) is 10.9 Å². The minimum Gasteiger partial charge on any atom is -0.349 e. The lowest BCUT2D eigenvalue weighted by Crippen LogP contribution is -2.28. The van der Waals surface area contributed by atoms with Gasteiger partial charge in [0.2, 0.25) is 5.91 Å². The highest BCUT2D eigenvalue weighted by Gasteiger charge is 2.12. The molecule has 128 valence electrons. The Morgan fingerprint density at radius 2 is 1.88 bits per heavy atom. The molecule has 0 saturated heterocycles. The molecule has 3 aromatic rings. The Balaban J connectivity index is 1.55. The fourth-order valence-corrected chi connectivity index (χ4v) is 3.11. The van der Waals surface area contributed by atoms with E-state index in [0.29, 0.717) is 10.8 Å². The van der Waals surface area contributed by atoms with Gasteiger partial charge in [0, 0.05) is 11.1 Å². The van der Waals surface area contributed by atoms with E-state index in [4.69, 9.17) is 0 Å². The van der Waals surface area contributed by atoms with E-state index in [9.17, 15) is 9.18 Å². The Morgan fingerprint density at radius 1 is 1.16 bits per heavy atom. The predicted molar refractivity (Wildman–Crippen MR) is 98.5 cm³/mol. The van der Waals surface area contributed by atoms with Crippen LogP contribution < -0.4 is 10.6 Å². The van der Waals surface area contributed by atoms with Crippen LogP contribution in [0.4, 0.5) is 15.2 Å². The van der Waals surface area contributed by atoms with Crippen LogP contribution in [0.3, 0.4) is 0 Å². The summed E-state index contributed by atoms with van der Waals surface area (Å²) in [6.45, 7) is 1.95. The van der Waals surface area contributed by atoms with Crippen LogP contribution in [0.25, 0.3) is 0 Å². The van der Waals surface area contributed by atoms with E-state index in [1.807, 2.05) is 42.6 Å². The monoisotopic (exact) mass is 355 g/mol. The van der Waals surface area contributed by atoms with Gasteiger partial charge in [-0.1, -0.05) is 30.3 Å². The van der Waals surface area contributed by atoms with Crippen molar-refractivity contribution in [2.24, 2.45) is 0 Å². The van der Waals surface area contributed by atoms with Crippen molar-refractivity contribution < 1.29 is 9.18 Å². The molecular weight excluding hydrogens is 337 g/mol. The third kappa shape index (κ3) is 4.87. The Bertz CT molecular complexity index is 833. The van der Waals surface area contributed by atoms with Crippen LogP contribution in [0.2, 0.25) is 0 Å². The van der Waals surface area contributed by atoms with Crippen molar-refractivity contribution in [3.63, 3.8) is 0 Å². The van der Waals surface area contributed by atoms with Crippen molar-refractivity contribution in [3.05, 3.63) is 77.1 Å². The van der Waals surface area contributed by atoms with Gasteiger partial charge in [-0.15, -0.1) is 11.3 Å². The van der Waals surface area contributed by atoms with Crippen molar-refractivity contribution in [3.8, 4) is 0 Å². The van der Waals surface area contributed by atoms with Gasteiger partial charge in [0.15, 0.2) is 5.13 Å². The van der Waals surface area contributed by atoms with Gasteiger partial charge in [-0.2, -0.15) is 0 Å². The lowest BCUT2D eigenvalue weighted by molar-refractivity contribution is -0.121. The maximum Gasteiger partial charge on any atom is 0.226 e. The van der Waals surface area contributed by atoms with Crippen molar-refractivity contribution in [2.45, 2.75) is 19.4 Å². The van der Waals surface area contributed by atoms with E-state index in [1.165, 1.54) is 23.5 Å². The van der Waals surface area contributed by atoms with Crippen LogP contribution in [0.1, 0.15) is 24.2 Å². The van der Waals surface area contributed by atoms with E-state index in [1.54, 1.807) is 12.1 Å². The van der Waals surface area contributed by atoms with Gasteiger partial charge in [-0.25, -0.2) is 9.37 Å². The third-order valence-corrected chi connectivity index (χ3v) is 4.47. The molecule has 0 unspecified atom stereocenters. The number of nitrogens with one attached hydrogen (secondary N) is 2. The zero-order chi connectivity index (χ0) is 17.6. The molecule has 3 rings (SSSR count). The quantitative estimate of drug-likeness (QED) is 0.687. The Hall–Kier alpha value is -2.73. The summed E-state index contributed by atoms with van der Waals surface area (Å²) in [5, 5.41) is 8.59. The number of halogens is 1. The van der Waals surface area contributed by atoms with Crippen LogP contribution in [0, 0.1) is 5.82 Å². The zero-order valence-electron chi connectivity index (χ0n) is 13.7. The molecule has 1 amide bonds. The molecule has 0 aliphatic rings. The highest BCUT2D eigenvalue weighted by molar-refractivity contribution is 7.13. The molecule has 0 spiro atoms. The number of carbonyl (C=O) groups is 1. The molecule has 0 aliphatic heterocycles. The average Bonchev–Trinajstić information content (AvgIpc) is 3.04. The number of hydrogen-bond acceptors (Lipinski definition) is 4. The van der Waals surface area contributed by atoms with E-state index < -0.39 is 0 Å². The molecule has 1 aromatic heterocycles. The van der Waals surface area contributed by atoms with Crippen molar-refractivity contribution in [1.29, 1.82) is 0 Å². The lowest BCUT2D eigenvalue weighted by Gasteiger charge is -2.13. The Labute approximate surface area is 149 Å². The summed E-state index contributed by atoms with van der Waals surface area (Å²) in [7, 11) is 0. The number of amides is 1. The number of rotatable bonds is 6. The number of anilines is 2. The fraction of sp³-hybridized carbons (Fsp3) is 0.158. The van der Waals surface area contributed by atoms with E-state index in [0.717, 1.165) is 11.3 Å². The number of aromatic nitrogens is 1. The van der Waals surface area contributed by atoms with Crippen LogP contribution in [-0.2, 0) is 11.2 Å². The highest BCUT2D eigenvalue weighted by Crippen LogP contribution is 2.21. The topological polar surface area (TPSA) is 54.0 Å². The van der Waals surface area contributed by atoms with Gasteiger partial charge < -0.3 is 10.6 Å². The van der Waals surface area contributed by atoms with Crippen LogP contribution in [0.5, 0.6) is 0 Å². The van der Waals surface area contributed by atoms with Gasteiger partial charge in [0.1, 0.15) is 5.82 Å². The maximum absolute atomic E-state index is 12.9. The molecule has 1 heterocycles. The first-order valence-electron chi connectivity index (χ1n) is 7.91. The Morgan fingerprint density at radius 3 is 2.60 bits per heavy atom. The minimum atomic E-state index is -0.283. The molecule has 2 aromatic carbocycles. The predicted octanol–water partition coefficient (Wildman–Crippen LogP) is 4.45. The molecule has 4 nitrogen and oxygen atoms in total. The van der Waals surface area contributed by atoms with Gasteiger partial charge in [-0.3, -0.25) is 4.79 Å². The maximum atomic E-state index is 12.9. The van der Waals surface area contributed by atoms with Gasteiger partial charge in [-0.05, 0) is 36.8 Å². The molecule has 2 N–H and O–H groups in total. The molecule has 0 fully saturated rings. The van der Waals surface area contributed by atoms with E-state index in [-0.39, 0.29) is 24.2 Å². The normalized spacial score (nSPS) is 11.8. The summed E-state index contributed by atoms with van der Waals surface area (Å²) in [5.74, 6) is -0.357. The average molecular weight is 355 g/mol. The van der Waals surface area contributed by atoms with Crippen molar-refractivity contribution in [1.82, 2.24) is 10.3 Å².